The van der Waals surface area contributed by atoms with Crippen molar-refractivity contribution in [1.82, 2.24) is 5.32 Å². The molecular weight excluding hydrogens is 308 g/mol. The number of anilines is 1. The Morgan fingerprint density at radius 1 is 1.16 bits per heavy atom. The molecule has 0 aromatic heterocycles. The third kappa shape index (κ3) is 2.66. The lowest BCUT2D eigenvalue weighted by atomic mass is 10.0. The van der Waals surface area contributed by atoms with Crippen LogP contribution >= 0.6 is 15.9 Å². The molecule has 2 rings (SSSR count). The molecule has 2 unspecified atom stereocenters. The molecule has 19 heavy (non-hydrogen) atoms. The zero-order valence-electron chi connectivity index (χ0n) is 11.0. The highest BCUT2D eigenvalue weighted by atomic mass is 79.9. The first-order chi connectivity index (χ1) is 9.08. The maximum atomic E-state index is 12.5. The van der Waals surface area contributed by atoms with E-state index >= 15 is 0 Å². The molecule has 0 saturated carbocycles. The van der Waals surface area contributed by atoms with Crippen molar-refractivity contribution >= 4 is 33.4 Å². The minimum Gasteiger partial charge on any atom is -0.342 e. The summed E-state index contributed by atoms with van der Waals surface area (Å²) < 4.78 is 0.949. The van der Waals surface area contributed by atoms with E-state index in [0.717, 1.165) is 10.2 Å². The lowest BCUT2D eigenvalue weighted by Gasteiger charge is -2.38. The number of amides is 2. The second-order valence-corrected chi connectivity index (χ2v) is 5.49. The fourth-order valence-corrected chi connectivity index (χ4v) is 2.59. The first-order valence-electron chi connectivity index (χ1n) is 6.47. The highest BCUT2D eigenvalue weighted by Gasteiger charge is 2.39. The Balaban J connectivity index is 2.39. The molecule has 102 valence electrons. The molecule has 1 fully saturated rings. The number of hydrogen-bond donors (Lipinski definition) is 1. The van der Waals surface area contributed by atoms with Gasteiger partial charge in [0, 0.05) is 10.2 Å². The molecule has 4 nitrogen and oxygen atoms in total. The Bertz CT molecular complexity index is 487. The molecule has 0 aliphatic carbocycles. The van der Waals surface area contributed by atoms with E-state index in [1.165, 1.54) is 0 Å². The molecule has 0 spiro atoms. The second kappa shape index (κ2) is 5.74. The summed E-state index contributed by atoms with van der Waals surface area (Å²) in [6.07, 6.45) is 1.21. The summed E-state index contributed by atoms with van der Waals surface area (Å²) in [5.41, 5.74) is 0.772. The maximum absolute atomic E-state index is 12.5. The quantitative estimate of drug-likeness (QED) is 0.928. The first kappa shape index (κ1) is 14.1. The van der Waals surface area contributed by atoms with Crippen LogP contribution in [0, 0.1) is 0 Å². The lowest BCUT2D eigenvalue weighted by molar-refractivity contribution is -0.134. The normalized spacial score (nSPS) is 23.4. The summed E-state index contributed by atoms with van der Waals surface area (Å²) in [6, 6.07) is 6.63. The molecule has 0 radical (unpaired) electrons. The van der Waals surface area contributed by atoms with Gasteiger partial charge < -0.3 is 5.32 Å². The molecule has 1 heterocycles. The summed E-state index contributed by atoms with van der Waals surface area (Å²) in [4.78, 5) is 26.2. The van der Waals surface area contributed by atoms with E-state index in [4.69, 9.17) is 0 Å². The molecule has 1 aliphatic heterocycles. The van der Waals surface area contributed by atoms with Gasteiger partial charge in [-0.25, -0.2) is 0 Å². The van der Waals surface area contributed by atoms with Gasteiger partial charge in [0.1, 0.15) is 12.1 Å². The van der Waals surface area contributed by atoms with Crippen molar-refractivity contribution in [2.75, 3.05) is 4.90 Å². The average molecular weight is 325 g/mol. The van der Waals surface area contributed by atoms with Gasteiger partial charge in [0.15, 0.2) is 0 Å². The molecule has 1 N–H and O–H groups in total. The van der Waals surface area contributed by atoms with E-state index in [1.807, 2.05) is 38.1 Å². The number of rotatable bonds is 3. The summed E-state index contributed by atoms with van der Waals surface area (Å²) in [5, 5.41) is 2.79. The predicted octanol–water partition coefficient (Wildman–Crippen LogP) is 2.47. The number of carbonyl (C=O) groups is 2. The van der Waals surface area contributed by atoms with Crippen LogP contribution in [0.1, 0.15) is 26.7 Å². The minimum absolute atomic E-state index is 0.0312. The molecule has 1 saturated heterocycles. The van der Waals surface area contributed by atoms with Crippen molar-refractivity contribution in [3.05, 3.63) is 28.7 Å². The monoisotopic (exact) mass is 324 g/mol. The van der Waals surface area contributed by atoms with E-state index < -0.39 is 12.1 Å². The Kier molecular flexibility index (Phi) is 4.24. The van der Waals surface area contributed by atoms with Crippen LogP contribution in [-0.4, -0.2) is 23.9 Å². The SMILES string of the molecule is CCC1NC(=O)C(CC)N(c2ccc(Br)cc2)C1=O. The largest absolute Gasteiger partial charge is 0.342 e. The Hall–Kier alpha value is -1.36. The number of carbonyl (C=O) groups excluding carboxylic acids is 2. The van der Waals surface area contributed by atoms with E-state index in [9.17, 15) is 9.59 Å². The smallest absolute Gasteiger partial charge is 0.250 e. The van der Waals surface area contributed by atoms with Crippen LogP contribution in [0.15, 0.2) is 28.7 Å². The number of piperazine rings is 1. The van der Waals surface area contributed by atoms with Crippen LogP contribution in [0.3, 0.4) is 0 Å². The van der Waals surface area contributed by atoms with Crippen LogP contribution in [0.5, 0.6) is 0 Å². The molecular formula is C14H17BrN2O2. The Morgan fingerprint density at radius 3 is 2.32 bits per heavy atom. The van der Waals surface area contributed by atoms with Crippen LogP contribution in [0.4, 0.5) is 5.69 Å². The molecule has 2 atom stereocenters. The van der Waals surface area contributed by atoms with Gasteiger partial charge in [-0.05, 0) is 37.1 Å². The topological polar surface area (TPSA) is 49.4 Å². The standard InChI is InChI=1S/C14H17BrN2O2/c1-3-11-14(19)17(12(4-2)13(18)16-11)10-7-5-9(15)6-8-10/h5-8,11-12H,3-4H2,1-2H3,(H,16,18). The van der Waals surface area contributed by atoms with E-state index in [2.05, 4.69) is 21.2 Å². The van der Waals surface area contributed by atoms with Crippen molar-refractivity contribution in [1.29, 1.82) is 0 Å². The highest BCUT2D eigenvalue weighted by molar-refractivity contribution is 9.10. The predicted molar refractivity (Wildman–Crippen MR) is 77.9 cm³/mol. The van der Waals surface area contributed by atoms with Gasteiger partial charge in [-0.2, -0.15) is 0 Å². The Labute approximate surface area is 121 Å². The van der Waals surface area contributed by atoms with Crippen LogP contribution in [0.25, 0.3) is 0 Å². The van der Waals surface area contributed by atoms with E-state index in [-0.39, 0.29) is 11.8 Å². The third-order valence-corrected chi connectivity index (χ3v) is 3.89. The molecule has 1 aliphatic rings. The maximum Gasteiger partial charge on any atom is 0.250 e. The van der Waals surface area contributed by atoms with Crippen LogP contribution in [0.2, 0.25) is 0 Å². The van der Waals surface area contributed by atoms with Gasteiger partial charge in [0.25, 0.3) is 0 Å². The van der Waals surface area contributed by atoms with Crippen LogP contribution in [-0.2, 0) is 9.59 Å². The van der Waals surface area contributed by atoms with Gasteiger partial charge in [-0.1, -0.05) is 29.8 Å². The summed E-state index contributed by atoms with van der Waals surface area (Å²) in [6.45, 7) is 3.81. The molecule has 0 bridgehead atoms. The number of halogens is 1. The molecule has 1 aromatic carbocycles. The molecule has 1 aromatic rings. The zero-order chi connectivity index (χ0) is 14.0. The molecule has 5 heteroatoms. The van der Waals surface area contributed by atoms with Crippen molar-refractivity contribution < 1.29 is 9.59 Å². The minimum atomic E-state index is -0.420. The van der Waals surface area contributed by atoms with Crippen molar-refractivity contribution in [2.45, 2.75) is 38.8 Å². The van der Waals surface area contributed by atoms with Crippen LogP contribution < -0.4 is 10.2 Å². The van der Waals surface area contributed by atoms with E-state index in [1.54, 1.807) is 4.90 Å². The first-order valence-corrected chi connectivity index (χ1v) is 7.26. The number of benzene rings is 1. The second-order valence-electron chi connectivity index (χ2n) is 4.58. The van der Waals surface area contributed by atoms with Gasteiger partial charge >= 0.3 is 0 Å². The van der Waals surface area contributed by atoms with Crippen molar-refractivity contribution in [3.8, 4) is 0 Å². The summed E-state index contributed by atoms with van der Waals surface area (Å²) in [7, 11) is 0. The fourth-order valence-electron chi connectivity index (χ4n) is 2.32. The number of nitrogens with zero attached hydrogens (tertiary/aromatic N) is 1. The highest BCUT2D eigenvalue weighted by Crippen LogP contribution is 2.25. The van der Waals surface area contributed by atoms with E-state index in [0.29, 0.717) is 12.8 Å². The van der Waals surface area contributed by atoms with Crippen molar-refractivity contribution in [2.24, 2.45) is 0 Å². The molecule has 2 amide bonds. The third-order valence-electron chi connectivity index (χ3n) is 3.37. The van der Waals surface area contributed by atoms with Gasteiger partial charge in [-0.15, -0.1) is 0 Å². The van der Waals surface area contributed by atoms with Crippen molar-refractivity contribution in [3.63, 3.8) is 0 Å². The Morgan fingerprint density at radius 2 is 1.79 bits per heavy atom. The lowest BCUT2D eigenvalue weighted by Crippen LogP contribution is -2.63. The van der Waals surface area contributed by atoms with Gasteiger partial charge in [0.2, 0.25) is 11.8 Å². The number of hydrogen-bond acceptors (Lipinski definition) is 2. The summed E-state index contributed by atoms with van der Waals surface area (Å²) in [5.74, 6) is -0.104. The van der Waals surface area contributed by atoms with Gasteiger partial charge in [0.05, 0.1) is 0 Å². The van der Waals surface area contributed by atoms with Gasteiger partial charge in [-0.3, -0.25) is 14.5 Å². The number of nitrogens with one attached hydrogen (secondary N) is 1. The average Bonchev–Trinajstić information content (AvgIpc) is 2.41. The fraction of sp³-hybridized carbons (Fsp3) is 0.429. The zero-order valence-corrected chi connectivity index (χ0v) is 12.6. The summed E-state index contributed by atoms with van der Waals surface area (Å²) >= 11 is 3.37.